The summed E-state index contributed by atoms with van der Waals surface area (Å²) in [6.45, 7) is 0.684. The second-order valence-corrected chi connectivity index (χ2v) is 6.63. The molecule has 1 unspecified atom stereocenters. The number of thiazole rings is 1. The fourth-order valence-corrected chi connectivity index (χ4v) is 3.39. The summed E-state index contributed by atoms with van der Waals surface area (Å²) < 4.78 is 0. The molecule has 0 aliphatic carbocycles. The van der Waals surface area contributed by atoms with Crippen molar-refractivity contribution in [2.75, 3.05) is 13.6 Å². The van der Waals surface area contributed by atoms with Crippen molar-refractivity contribution >= 4 is 23.2 Å². The van der Waals surface area contributed by atoms with Crippen LogP contribution < -0.4 is 5.32 Å². The minimum absolute atomic E-state index is 0.0297. The molecule has 0 bridgehead atoms. The Labute approximate surface area is 139 Å². The smallest absolute Gasteiger partial charge is 0.271 e. The van der Waals surface area contributed by atoms with Crippen molar-refractivity contribution < 1.29 is 9.59 Å². The molecular formula is C17H19N3O2S. The van der Waals surface area contributed by atoms with E-state index in [2.05, 4.69) is 22.4 Å². The lowest BCUT2D eigenvalue weighted by molar-refractivity contribution is -0.128. The van der Waals surface area contributed by atoms with Crippen molar-refractivity contribution in [3.05, 3.63) is 52.0 Å². The number of benzene rings is 1. The van der Waals surface area contributed by atoms with Gasteiger partial charge in [-0.15, -0.1) is 11.3 Å². The number of aryl methyl sites for hydroxylation is 2. The molecule has 3 rings (SSSR count). The molecule has 23 heavy (non-hydrogen) atoms. The molecule has 0 saturated carbocycles. The van der Waals surface area contributed by atoms with Gasteiger partial charge in [-0.1, -0.05) is 30.3 Å². The number of carbonyl (C=O) groups excluding carboxylic acids is 2. The van der Waals surface area contributed by atoms with E-state index < -0.39 is 6.04 Å². The van der Waals surface area contributed by atoms with E-state index >= 15 is 0 Å². The molecule has 0 spiro atoms. The van der Waals surface area contributed by atoms with Crippen molar-refractivity contribution in [2.24, 2.45) is 0 Å². The van der Waals surface area contributed by atoms with E-state index in [4.69, 9.17) is 0 Å². The molecule has 1 aromatic heterocycles. The molecular weight excluding hydrogens is 310 g/mol. The van der Waals surface area contributed by atoms with Crippen molar-refractivity contribution in [1.82, 2.24) is 15.2 Å². The Hall–Kier alpha value is -2.21. The van der Waals surface area contributed by atoms with E-state index in [0.29, 0.717) is 18.7 Å². The number of likely N-dealkylation sites (N-methyl/N-ethyl adjacent to an activating group) is 1. The van der Waals surface area contributed by atoms with Gasteiger partial charge in [0.1, 0.15) is 11.7 Å². The van der Waals surface area contributed by atoms with E-state index in [-0.39, 0.29) is 11.8 Å². The van der Waals surface area contributed by atoms with Gasteiger partial charge in [-0.2, -0.15) is 0 Å². The average Bonchev–Trinajstić information content (AvgIpc) is 3.16. The predicted molar refractivity (Wildman–Crippen MR) is 89.5 cm³/mol. The monoisotopic (exact) mass is 329 g/mol. The lowest BCUT2D eigenvalue weighted by atomic mass is 10.1. The lowest BCUT2D eigenvalue weighted by Crippen LogP contribution is -2.40. The Morgan fingerprint density at radius 1 is 1.35 bits per heavy atom. The summed E-state index contributed by atoms with van der Waals surface area (Å²) in [5.74, 6) is -0.293. The molecule has 1 aliphatic heterocycles. The highest BCUT2D eigenvalue weighted by molar-refractivity contribution is 7.09. The number of hydrogen-bond donors (Lipinski definition) is 1. The number of amides is 2. The van der Waals surface area contributed by atoms with Crippen LogP contribution in [0.2, 0.25) is 0 Å². The lowest BCUT2D eigenvalue weighted by Gasteiger charge is -2.11. The zero-order valence-electron chi connectivity index (χ0n) is 13.0. The number of carbonyl (C=O) groups is 2. The standard InChI is InChI=1S/C17H19N3O2S/c1-20-10-9-13(17(20)22)19-16(21)14-11-23-15(18-14)8-7-12-5-3-2-4-6-12/h2-6,11,13H,7-10H2,1H3,(H,19,21). The van der Waals surface area contributed by atoms with Gasteiger partial charge in [0.05, 0.1) is 5.01 Å². The molecule has 2 aromatic rings. The number of aromatic nitrogens is 1. The average molecular weight is 329 g/mol. The number of nitrogens with one attached hydrogen (secondary N) is 1. The molecule has 6 heteroatoms. The Morgan fingerprint density at radius 2 is 2.13 bits per heavy atom. The highest BCUT2D eigenvalue weighted by Crippen LogP contribution is 2.14. The first-order valence-electron chi connectivity index (χ1n) is 7.67. The van der Waals surface area contributed by atoms with Crippen molar-refractivity contribution in [3.63, 3.8) is 0 Å². The summed E-state index contributed by atoms with van der Waals surface area (Å²) in [5.41, 5.74) is 1.66. The van der Waals surface area contributed by atoms with Gasteiger partial charge in [0.2, 0.25) is 5.91 Å². The number of hydrogen-bond acceptors (Lipinski definition) is 4. The zero-order valence-corrected chi connectivity index (χ0v) is 13.8. The second-order valence-electron chi connectivity index (χ2n) is 5.69. The van der Waals surface area contributed by atoms with Crippen LogP contribution in [0.1, 0.15) is 27.5 Å². The van der Waals surface area contributed by atoms with Crippen LogP contribution in [-0.4, -0.2) is 41.3 Å². The Balaban J connectivity index is 1.56. The molecule has 2 amide bonds. The fraction of sp³-hybridized carbons (Fsp3) is 0.353. The Morgan fingerprint density at radius 3 is 2.83 bits per heavy atom. The number of likely N-dealkylation sites (tertiary alicyclic amines) is 1. The fourth-order valence-electron chi connectivity index (χ4n) is 2.61. The summed E-state index contributed by atoms with van der Waals surface area (Å²) >= 11 is 1.49. The van der Waals surface area contributed by atoms with Gasteiger partial charge in [0.15, 0.2) is 0 Å². The molecule has 120 valence electrons. The third kappa shape index (κ3) is 3.76. The van der Waals surface area contributed by atoms with E-state index in [1.54, 1.807) is 17.3 Å². The molecule has 5 nitrogen and oxygen atoms in total. The second kappa shape index (κ2) is 6.91. The van der Waals surface area contributed by atoms with Gasteiger partial charge < -0.3 is 10.2 Å². The molecule has 1 saturated heterocycles. The summed E-state index contributed by atoms with van der Waals surface area (Å²) in [7, 11) is 1.75. The Kier molecular flexibility index (Phi) is 4.71. The van der Waals surface area contributed by atoms with Gasteiger partial charge >= 0.3 is 0 Å². The molecule has 1 aliphatic rings. The van der Waals surface area contributed by atoms with E-state index in [0.717, 1.165) is 17.8 Å². The Bertz CT molecular complexity index is 699. The summed E-state index contributed by atoms with van der Waals surface area (Å²) in [6.07, 6.45) is 2.38. The van der Waals surface area contributed by atoms with E-state index in [1.165, 1.54) is 16.9 Å². The molecule has 1 fully saturated rings. The SMILES string of the molecule is CN1CCC(NC(=O)c2csc(CCc3ccccc3)n2)C1=O. The molecule has 2 heterocycles. The van der Waals surface area contributed by atoms with Crippen molar-refractivity contribution in [3.8, 4) is 0 Å². The third-order valence-corrected chi connectivity index (χ3v) is 4.90. The van der Waals surface area contributed by atoms with Crippen LogP contribution in [0.4, 0.5) is 0 Å². The topological polar surface area (TPSA) is 62.3 Å². The van der Waals surface area contributed by atoms with Crippen molar-refractivity contribution in [1.29, 1.82) is 0 Å². The highest BCUT2D eigenvalue weighted by Gasteiger charge is 2.30. The van der Waals surface area contributed by atoms with Gasteiger partial charge in [0.25, 0.3) is 5.91 Å². The molecule has 0 radical (unpaired) electrons. The quantitative estimate of drug-likeness (QED) is 0.911. The van der Waals surface area contributed by atoms with Crippen LogP contribution in [0.5, 0.6) is 0 Å². The first kappa shape index (κ1) is 15.7. The van der Waals surface area contributed by atoms with E-state index in [9.17, 15) is 9.59 Å². The summed E-state index contributed by atoms with van der Waals surface area (Å²) in [6, 6.07) is 9.79. The first-order valence-corrected chi connectivity index (χ1v) is 8.55. The minimum Gasteiger partial charge on any atom is -0.344 e. The normalized spacial score (nSPS) is 17.5. The molecule has 1 aromatic carbocycles. The third-order valence-electron chi connectivity index (χ3n) is 3.99. The van der Waals surface area contributed by atoms with Gasteiger partial charge in [0, 0.05) is 25.4 Å². The maximum atomic E-state index is 12.2. The van der Waals surface area contributed by atoms with Crippen molar-refractivity contribution in [2.45, 2.75) is 25.3 Å². The van der Waals surface area contributed by atoms with Gasteiger partial charge in [-0.3, -0.25) is 9.59 Å². The van der Waals surface area contributed by atoms with Crippen LogP contribution in [-0.2, 0) is 17.6 Å². The van der Waals surface area contributed by atoms with Crippen LogP contribution in [0.15, 0.2) is 35.7 Å². The number of nitrogens with zero attached hydrogens (tertiary/aromatic N) is 2. The van der Waals surface area contributed by atoms with Crippen LogP contribution in [0, 0.1) is 0 Å². The highest BCUT2D eigenvalue weighted by atomic mass is 32.1. The molecule has 1 N–H and O–H groups in total. The van der Waals surface area contributed by atoms with Crippen LogP contribution >= 0.6 is 11.3 Å². The summed E-state index contributed by atoms with van der Waals surface area (Å²) in [4.78, 5) is 30.1. The van der Waals surface area contributed by atoms with Gasteiger partial charge in [-0.25, -0.2) is 4.98 Å². The predicted octanol–water partition coefficient (Wildman–Crippen LogP) is 1.89. The van der Waals surface area contributed by atoms with Gasteiger partial charge in [-0.05, 0) is 18.4 Å². The molecule has 1 atom stereocenters. The number of rotatable bonds is 5. The first-order chi connectivity index (χ1) is 11.1. The maximum absolute atomic E-state index is 12.2. The summed E-state index contributed by atoms with van der Waals surface area (Å²) in [5, 5.41) is 5.48. The van der Waals surface area contributed by atoms with Crippen LogP contribution in [0.3, 0.4) is 0 Å². The zero-order chi connectivity index (χ0) is 16.2. The maximum Gasteiger partial charge on any atom is 0.271 e. The largest absolute Gasteiger partial charge is 0.344 e. The van der Waals surface area contributed by atoms with E-state index in [1.807, 2.05) is 18.2 Å². The minimum atomic E-state index is -0.415. The van der Waals surface area contributed by atoms with Crippen LogP contribution in [0.25, 0.3) is 0 Å².